The zero-order chi connectivity index (χ0) is 11.6. The molecule has 2 heterocycles. The van der Waals surface area contributed by atoms with Crippen molar-refractivity contribution in [2.75, 3.05) is 32.8 Å². The van der Waals surface area contributed by atoms with Gasteiger partial charge in [0.2, 0.25) is 0 Å². The van der Waals surface area contributed by atoms with Gasteiger partial charge >= 0.3 is 0 Å². The molecule has 2 saturated heterocycles. The van der Waals surface area contributed by atoms with E-state index >= 15 is 0 Å². The summed E-state index contributed by atoms with van der Waals surface area (Å²) in [6, 6.07) is 0.470. The number of nitrogens with zero attached hydrogens (tertiary/aromatic N) is 1. The second-order valence-electron chi connectivity index (χ2n) is 5.34. The fraction of sp³-hybridized carbons (Fsp3) is 1.00. The first-order chi connectivity index (χ1) is 7.73. The highest BCUT2D eigenvalue weighted by molar-refractivity contribution is 4.96. The smallest absolute Gasteiger partial charge is 0.0647 e. The molecule has 0 amide bonds. The molecule has 2 fully saturated rings. The monoisotopic (exact) mass is 228 g/mol. The van der Waals surface area contributed by atoms with Crippen LogP contribution in [-0.4, -0.2) is 59.5 Å². The van der Waals surface area contributed by atoms with Crippen molar-refractivity contribution in [1.29, 1.82) is 0 Å². The van der Waals surface area contributed by atoms with Crippen LogP contribution in [0.2, 0.25) is 0 Å². The number of aliphatic hydroxyl groups excluding tert-OH is 2. The maximum atomic E-state index is 9.44. The molecule has 3 N–H and O–H groups in total. The van der Waals surface area contributed by atoms with E-state index in [0.717, 1.165) is 19.4 Å². The van der Waals surface area contributed by atoms with Crippen molar-refractivity contribution >= 4 is 0 Å². The number of nitrogens with one attached hydrogen (secondary N) is 1. The zero-order valence-corrected chi connectivity index (χ0v) is 10.2. The Morgan fingerprint density at radius 1 is 1.25 bits per heavy atom. The molecule has 2 rings (SSSR count). The van der Waals surface area contributed by atoms with Gasteiger partial charge in [0.25, 0.3) is 0 Å². The average molecular weight is 228 g/mol. The summed E-state index contributed by atoms with van der Waals surface area (Å²) in [5.74, 6) is 0.706. The first kappa shape index (κ1) is 12.3. The second-order valence-corrected chi connectivity index (χ2v) is 5.34. The normalized spacial score (nSPS) is 34.3. The summed E-state index contributed by atoms with van der Waals surface area (Å²) in [6.07, 6.45) is 3.17. The lowest BCUT2D eigenvalue weighted by Crippen LogP contribution is -2.58. The molecule has 0 aromatic carbocycles. The summed E-state index contributed by atoms with van der Waals surface area (Å²) in [4.78, 5) is 2.51. The Hall–Kier alpha value is -0.160. The van der Waals surface area contributed by atoms with Gasteiger partial charge in [0.1, 0.15) is 0 Å². The largest absolute Gasteiger partial charge is 0.394 e. The standard InChI is InChI=1S/C12H24N2O2/c1-2-12(8-15,9-16)13-11-4-6-14-5-3-10(11)7-14/h10-11,13,15-16H,2-9H2,1H3. The number of aliphatic hydroxyl groups is 2. The van der Waals surface area contributed by atoms with Gasteiger partial charge in [-0.05, 0) is 38.3 Å². The Balaban J connectivity index is 1.97. The first-order valence-electron chi connectivity index (χ1n) is 6.45. The lowest BCUT2D eigenvalue weighted by atomic mass is 9.89. The van der Waals surface area contributed by atoms with Gasteiger partial charge < -0.3 is 20.4 Å². The molecular weight excluding hydrogens is 204 g/mol. The third-order valence-corrected chi connectivity index (χ3v) is 4.41. The van der Waals surface area contributed by atoms with E-state index in [0.29, 0.717) is 12.0 Å². The third-order valence-electron chi connectivity index (χ3n) is 4.41. The van der Waals surface area contributed by atoms with Crippen LogP contribution >= 0.6 is 0 Å². The molecule has 0 aliphatic carbocycles. The van der Waals surface area contributed by atoms with Gasteiger partial charge in [-0.15, -0.1) is 0 Å². The molecule has 0 spiro atoms. The molecule has 2 bridgehead atoms. The fourth-order valence-electron chi connectivity index (χ4n) is 3.00. The molecular formula is C12H24N2O2. The Kier molecular flexibility index (Phi) is 3.85. The molecule has 0 aromatic heterocycles. The van der Waals surface area contributed by atoms with Gasteiger partial charge in [0, 0.05) is 12.6 Å². The Bertz CT molecular complexity index is 223. The van der Waals surface area contributed by atoms with E-state index in [1.165, 1.54) is 19.5 Å². The number of fused-ring (bicyclic) bond motifs is 2. The fourth-order valence-corrected chi connectivity index (χ4v) is 3.00. The molecule has 94 valence electrons. The summed E-state index contributed by atoms with van der Waals surface area (Å²) >= 11 is 0. The minimum Gasteiger partial charge on any atom is -0.394 e. The molecule has 2 aliphatic heterocycles. The van der Waals surface area contributed by atoms with Crippen LogP contribution < -0.4 is 5.32 Å². The van der Waals surface area contributed by atoms with E-state index in [-0.39, 0.29) is 13.2 Å². The third kappa shape index (κ3) is 2.25. The van der Waals surface area contributed by atoms with E-state index in [2.05, 4.69) is 10.2 Å². The predicted molar refractivity (Wildman–Crippen MR) is 63.3 cm³/mol. The minimum atomic E-state index is -0.477. The van der Waals surface area contributed by atoms with Crippen LogP contribution in [-0.2, 0) is 0 Å². The highest BCUT2D eigenvalue weighted by atomic mass is 16.3. The van der Waals surface area contributed by atoms with Crippen LogP contribution in [0.15, 0.2) is 0 Å². The van der Waals surface area contributed by atoms with E-state index in [4.69, 9.17) is 0 Å². The van der Waals surface area contributed by atoms with Gasteiger partial charge in [-0.25, -0.2) is 0 Å². The van der Waals surface area contributed by atoms with Crippen molar-refractivity contribution in [3.63, 3.8) is 0 Å². The summed E-state index contributed by atoms with van der Waals surface area (Å²) < 4.78 is 0. The highest BCUT2D eigenvalue weighted by Gasteiger charge is 2.38. The maximum absolute atomic E-state index is 9.44. The van der Waals surface area contributed by atoms with Crippen LogP contribution in [0.25, 0.3) is 0 Å². The van der Waals surface area contributed by atoms with Crippen LogP contribution in [0, 0.1) is 5.92 Å². The molecule has 2 aliphatic rings. The van der Waals surface area contributed by atoms with Gasteiger partial charge in [-0.2, -0.15) is 0 Å². The predicted octanol–water partition coefficient (Wildman–Crippen LogP) is -0.196. The zero-order valence-electron chi connectivity index (χ0n) is 10.2. The summed E-state index contributed by atoms with van der Waals surface area (Å²) in [5, 5.41) is 22.4. The van der Waals surface area contributed by atoms with Crippen LogP contribution in [0.5, 0.6) is 0 Å². The Labute approximate surface area is 97.6 Å². The van der Waals surface area contributed by atoms with Gasteiger partial charge in [0.05, 0.1) is 18.8 Å². The summed E-state index contributed by atoms with van der Waals surface area (Å²) in [5.41, 5.74) is -0.477. The maximum Gasteiger partial charge on any atom is 0.0647 e. The molecule has 0 aromatic rings. The molecule has 0 radical (unpaired) electrons. The Morgan fingerprint density at radius 3 is 2.56 bits per heavy atom. The van der Waals surface area contributed by atoms with E-state index in [1.807, 2.05) is 6.92 Å². The van der Waals surface area contributed by atoms with E-state index in [9.17, 15) is 10.2 Å². The molecule has 3 unspecified atom stereocenters. The molecule has 0 saturated carbocycles. The lowest BCUT2D eigenvalue weighted by molar-refractivity contribution is 0.0618. The quantitative estimate of drug-likeness (QED) is 0.610. The SMILES string of the molecule is CCC(CO)(CO)NC1CCN2CCC1C2. The van der Waals surface area contributed by atoms with Gasteiger partial charge in [0.15, 0.2) is 0 Å². The summed E-state index contributed by atoms with van der Waals surface area (Å²) in [7, 11) is 0. The van der Waals surface area contributed by atoms with Crippen LogP contribution in [0.3, 0.4) is 0 Å². The summed E-state index contributed by atoms with van der Waals surface area (Å²) in [6.45, 7) is 5.63. The van der Waals surface area contributed by atoms with Crippen molar-refractivity contribution in [3.8, 4) is 0 Å². The molecule has 4 nitrogen and oxygen atoms in total. The van der Waals surface area contributed by atoms with Crippen LogP contribution in [0.1, 0.15) is 26.2 Å². The average Bonchev–Trinajstić information content (AvgIpc) is 2.73. The number of hydrogen-bond donors (Lipinski definition) is 3. The van der Waals surface area contributed by atoms with Crippen molar-refractivity contribution in [2.24, 2.45) is 5.92 Å². The van der Waals surface area contributed by atoms with Crippen LogP contribution in [0.4, 0.5) is 0 Å². The van der Waals surface area contributed by atoms with Crippen molar-refractivity contribution in [2.45, 2.75) is 37.8 Å². The molecule has 4 heteroatoms. The lowest BCUT2D eigenvalue weighted by Gasteiger charge is -2.39. The van der Waals surface area contributed by atoms with Crippen molar-refractivity contribution in [3.05, 3.63) is 0 Å². The molecule has 16 heavy (non-hydrogen) atoms. The molecule has 3 atom stereocenters. The van der Waals surface area contributed by atoms with Crippen molar-refractivity contribution in [1.82, 2.24) is 10.2 Å². The highest BCUT2D eigenvalue weighted by Crippen LogP contribution is 2.28. The minimum absolute atomic E-state index is 0.0208. The Morgan fingerprint density at radius 2 is 1.94 bits per heavy atom. The topological polar surface area (TPSA) is 55.7 Å². The van der Waals surface area contributed by atoms with Gasteiger partial charge in [-0.3, -0.25) is 0 Å². The number of piperidine rings is 1. The number of hydrogen-bond acceptors (Lipinski definition) is 4. The van der Waals surface area contributed by atoms with Gasteiger partial charge in [-0.1, -0.05) is 6.92 Å². The van der Waals surface area contributed by atoms with E-state index in [1.54, 1.807) is 0 Å². The number of rotatable bonds is 5. The second kappa shape index (κ2) is 5.00. The first-order valence-corrected chi connectivity index (χ1v) is 6.45. The van der Waals surface area contributed by atoms with E-state index < -0.39 is 5.54 Å². The van der Waals surface area contributed by atoms with Crippen molar-refractivity contribution < 1.29 is 10.2 Å².